The smallest absolute Gasteiger partial charge is 0.310 e. The quantitative estimate of drug-likeness (QED) is 0.644. The number of likely N-dealkylation sites (N-methyl/N-ethyl adjacent to an activating group) is 1. The molecule has 0 fully saturated rings. The zero-order valence-corrected chi connectivity index (χ0v) is 13.5. The van der Waals surface area contributed by atoms with E-state index in [-0.39, 0.29) is 18.2 Å². The fraction of sp³-hybridized carbons (Fsp3) is 0.867. The maximum Gasteiger partial charge on any atom is 0.310 e. The first-order chi connectivity index (χ1) is 9.27. The summed E-state index contributed by atoms with van der Waals surface area (Å²) in [5.41, 5.74) is -1.00. The van der Waals surface area contributed by atoms with Crippen LogP contribution in [0.3, 0.4) is 0 Å². The van der Waals surface area contributed by atoms with Gasteiger partial charge in [0.15, 0.2) is 0 Å². The average Bonchev–Trinajstić information content (AvgIpc) is 2.36. The molecule has 5 heteroatoms. The molecule has 1 atom stereocenters. The van der Waals surface area contributed by atoms with Crippen molar-refractivity contribution >= 4 is 11.9 Å². The lowest BCUT2D eigenvalue weighted by molar-refractivity contribution is -0.153. The van der Waals surface area contributed by atoms with Crippen molar-refractivity contribution in [1.82, 2.24) is 10.2 Å². The number of carboxylic acid groups (broad SMARTS) is 1. The van der Waals surface area contributed by atoms with Crippen molar-refractivity contribution in [3.8, 4) is 0 Å². The Morgan fingerprint density at radius 3 is 2.25 bits per heavy atom. The summed E-state index contributed by atoms with van der Waals surface area (Å²) in [5, 5.41) is 12.1. The van der Waals surface area contributed by atoms with Crippen molar-refractivity contribution in [2.45, 2.75) is 47.5 Å². The Hall–Kier alpha value is -1.10. The second-order valence-corrected chi connectivity index (χ2v) is 5.84. The molecular formula is C15H30N2O3. The van der Waals surface area contributed by atoms with Gasteiger partial charge in [-0.1, -0.05) is 27.7 Å². The maximum absolute atomic E-state index is 11.9. The van der Waals surface area contributed by atoms with Gasteiger partial charge in [-0.05, 0) is 32.4 Å². The van der Waals surface area contributed by atoms with Crippen molar-refractivity contribution in [3.05, 3.63) is 0 Å². The molecule has 0 aliphatic rings. The number of hydrogen-bond donors (Lipinski definition) is 2. The summed E-state index contributed by atoms with van der Waals surface area (Å²) >= 11 is 0. The van der Waals surface area contributed by atoms with E-state index >= 15 is 0 Å². The average molecular weight is 286 g/mol. The number of rotatable bonds is 10. The Labute approximate surface area is 122 Å². The van der Waals surface area contributed by atoms with Crippen LogP contribution in [-0.2, 0) is 9.59 Å². The maximum atomic E-state index is 11.9. The Morgan fingerprint density at radius 1 is 1.25 bits per heavy atom. The van der Waals surface area contributed by atoms with Crippen LogP contribution in [0.25, 0.3) is 0 Å². The van der Waals surface area contributed by atoms with E-state index in [2.05, 4.69) is 24.1 Å². The minimum atomic E-state index is -1.00. The van der Waals surface area contributed by atoms with Crippen LogP contribution in [-0.4, -0.2) is 48.1 Å². The molecule has 5 nitrogen and oxygen atoms in total. The van der Waals surface area contributed by atoms with Gasteiger partial charge >= 0.3 is 5.97 Å². The summed E-state index contributed by atoms with van der Waals surface area (Å²) in [4.78, 5) is 25.5. The first kappa shape index (κ1) is 18.9. The highest BCUT2D eigenvalue weighted by molar-refractivity contribution is 5.84. The molecule has 0 aromatic heterocycles. The van der Waals surface area contributed by atoms with Crippen LogP contribution in [0.1, 0.15) is 47.5 Å². The predicted octanol–water partition coefficient (Wildman–Crippen LogP) is 1.97. The number of aliphatic carboxylic acids is 1. The van der Waals surface area contributed by atoms with Gasteiger partial charge in [-0.15, -0.1) is 0 Å². The van der Waals surface area contributed by atoms with Gasteiger partial charge in [0.05, 0.1) is 5.41 Å². The number of carbonyl (C=O) groups excluding carboxylic acids is 1. The van der Waals surface area contributed by atoms with Gasteiger partial charge in [0.1, 0.15) is 0 Å². The van der Waals surface area contributed by atoms with E-state index in [0.29, 0.717) is 6.54 Å². The zero-order chi connectivity index (χ0) is 15.8. The van der Waals surface area contributed by atoms with E-state index in [1.807, 2.05) is 13.8 Å². The molecule has 0 aliphatic carbocycles. The fourth-order valence-electron chi connectivity index (χ4n) is 2.02. The number of carbonyl (C=O) groups is 2. The summed E-state index contributed by atoms with van der Waals surface area (Å²) in [6.45, 7) is 12.9. The Bertz CT molecular complexity index is 318. The summed E-state index contributed by atoms with van der Waals surface area (Å²) in [7, 11) is 0. The van der Waals surface area contributed by atoms with Crippen molar-refractivity contribution in [1.29, 1.82) is 0 Å². The molecule has 0 saturated heterocycles. The van der Waals surface area contributed by atoms with Crippen LogP contribution >= 0.6 is 0 Å². The molecule has 0 heterocycles. The molecule has 1 unspecified atom stereocenters. The molecule has 0 bridgehead atoms. The van der Waals surface area contributed by atoms with E-state index < -0.39 is 11.4 Å². The summed E-state index contributed by atoms with van der Waals surface area (Å²) in [6.07, 6.45) is 1.12. The highest BCUT2D eigenvalue weighted by atomic mass is 16.4. The van der Waals surface area contributed by atoms with E-state index in [1.54, 1.807) is 6.92 Å². The van der Waals surface area contributed by atoms with E-state index in [9.17, 15) is 14.7 Å². The molecule has 0 saturated carbocycles. The molecule has 0 radical (unpaired) electrons. The van der Waals surface area contributed by atoms with Gasteiger partial charge < -0.3 is 15.3 Å². The molecule has 0 aliphatic heterocycles. The summed E-state index contributed by atoms with van der Waals surface area (Å²) < 4.78 is 0. The van der Waals surface area contributed by atoms with Gasteiger partial charge in [-0.2, -0.15) is 0 Å². The highest BCUT2D eigenvalue weighted by Crippen LogP contribution is 2.31. The molecule has 1 amide bonds. The van der Waals surface area contributed by atoms with Gasteiger partial charge in [-0.3, -0.25) is 9.59 Å². The first-order valence-corrected chi connectivity index (χ1v) is 7.50. The van der Waals surface area contributed by atoms with Crippen molar-refractivity contribution in [2.24, 2.45) is 11.3 Å². The third-order valence-corrected chi connectivity index (χ3v) is 4.03. The van der Waals surface area contributed by atoms with Gasteiger partial charge in [0.2, 0.25) is 5.91 Å². The topological polar surface area (TPSA) is 69.6 Å². The molecule has 2 N–H and O–H groups in total. The van der Waals surface area contributed by atoms with Gasteiger partial charge in [0, 0.05) is 19.5 Å². The first-order valence-electron chi connectivity index (χ1n) is 7.50. The third kappa shape index (κ3) is 5.90. The van der Waals surface area contributed by atoms with Gasteiger partial charge in [-0.25, -0.2) is 0 Å². The predicted molar refractivity (Wildman–Crippen MR) is 80.6 cm³/mol. The number of nitrogens with zero attached hydrogens (tertiary/aromatic N) is 1. The monoisotopic (exact) mass is 286 g/mol. The number of nitrogens with one attached hydrogen (secondary N) is 1. The molecule has 20 heavy (non-hydrogen) atoms. The lowest BCUT2D eigenvalue weighted by Crippen LogP contribution is -2.41. The lowest BCUT2D eigenvalue weighted by atomic mass is 9.76. The van der Waals surface area contributed by atoms with Crippen LogP contribution in [0.15, 0.2) is 0 Å². The largest absolute Gasteiger partial charge is 0.481 e. The summed E-state index contributed by atoms with van der Waals surface area (Å²) in [6, 6.07) is 0. The highest BCUT2D eigenvalue weighted by Gasteiger charge is 2.38. The van der Waals surface area contributed by atoms with Crippen LogP contribution in [0.2, 0.25) is 0 Å². The molecular weight excluding hydrogens is 256 g/mol. The lowest BCUT2D eigenvalue weighted by Gasteiger charge is -2.28. The molecule has 0 rings (SSSR count). The van der Waals surface area contributed by atoms with Crippen LogP contribution in [0, 0.1) is 11.3 Å². The second-order valence-electron chi connectivity index (χ2n) is 5.84. The van der Waals surface area contributed by atoms with Crippen molar-refractivity contribution in [2.75, 3.05) is 26.2 Å². The standard InChI is InChI=1S/C15H30N2O3/c1-6-9-17(7-2)10-8-16-13(18)11-15(5,12(3)4)14(19)20/h12H,6-11H2,1-5H3,(H,16,18)(H,19,20). The second kappa shape index (κ2) is 8.95. The van der Waals surface area contributed by atoms with Crippen molar-refractivity contribution < 1.29 is 14.7 Å². The third-order valence-electron chi connectivity index (χ3n) is 4.03. The Balaban J connectivity index is 4.25. The normalized spacial score (nSPS) is 14.3. The number of carboxylic acids is 1. The number of hydrogen-bond acceptors (Lipinski definition) is 3. The van der Waals surface area contributed by atoms with Crippen LogP contribution in [0.4, 0.5) is 0 Å². The minimum Gasteiger partial charge on any atom is -0.481 e. The SMILES string of the molecule is CCCN(CC)CCNC(=O)CC(C)(C(=O)O)C(C)C. The molecule has 0 aromatic carbocycles. The van der Waals surface area contributed by atoms with Gasteiger partial charge in [0.25, 0.3) is 0 Å². The fourth-order valence-corrected chi connectivity index (χ4v) is 2.02. The minimum absolute atomic E-state index is 0.0277. The summed E-state index contributed by atoms with van der Waals surface area (Å²) in [5.74, 6) is -1.18. The molecule has 0 aromatic rings. The van der Waals surface area contributed by atoms with Crippen molar-refractivity contribution in [3.63, 3.8) is 0 Å². The number of amides is 1. The van der Waals surface area contributed by atoms with Crippen LogP contribution in [0.5, 0.6) is 0 Å². The Kier molecular flexibility index (Phi) is 8.46. The van der Waals surface area contributed by atoms with E-state index in [1.165, 1.54) is 0 Å². The van der Waals surface area contributed by atoms with E-state index in [4.69, 9.17) is 0 Å². The zero-order valence-electron chi connectivity index (χ0n) is 13.5. The Morgan fingerprint density at radius 2 is 1.85 bits per heavy atom. The van der Waals surface area contributed by atoms with Crippen LogP contribution < -0.4 is 5.32 Å². The molecule has 0 spiro atoms. The van der Waals surface area contributed by atoms with E-state index in [0.717, 1.165) is 26.1 Å². The molecule has 118 valence electrons.